The molecule has 0 radical (unpaired) electrons. The third-order valence-corrected chi connectivity index (χ3v) is 2.96. The first-order valence-electron chi connectivity index (χ1n) is 4.98. The topological polar surface area (TPSA) is 62.2 Å². The predicted molar refractivity (Wildman–Crippen MR) is 65.3 cm³/mol. The standard InChI is InChI=1S/C11H12N2O2S/c1-6(2)12-10-9-7(11(14)15)4-3-5-8(9)16-13-10/h3-6H,1-2H3,(H,12,13)(H,14,15). The van der Waals surface area contributed by atoms with Crippen LogP contribution in [0.1, 0.15) is 24.2 Å². The Balaban J connectivity index is 2.63. The first-order chi connectivity index (χ1) is 7.59. The van der Waals surface area contributed by atoms with E-state index in [0.29, 0.717) is 16.8 Å². The minimum absolute atomic E-state index is 0.229. The second kappa shape index (κ2) is 4.09. The largest absolute Gasteiger partial charge is 0.478 e. The van der Waals surface area contributed by atoms with E-state index < -0.39 is 5.97 Å². The number of anilines is 1. The highest BCUT2D eigenvalue weighted by Crippen LogP contribution is 2.30. The molecule has 5 heteroatoms. The molecule has 2 aromatic rings. The highest BCUT2D eigenvalue weighted by atomic mass is 32.1. The maximum Gasteiger partial charge on any atom is 0.336 e. The number of carboxylic acids is 1. The maximum absolute atomic E-state index is 11.1. The molecule has 0 bridgehead atoms. The third-order valence-electron chi connectivity index (χ3n) is 2.15. The summed E-state index contributed by atoms with van der Waals surface area (Å²) in [4.78, 5) is 11.1. The number of carbonyl (C=O) groups is 1. The summed E-state index contributed by atoms with van der Waals surface area (Å²) in [5.41, 5.74) is 0.300. The number of nitrogens with zero attached hydrogens (tertiary/aromatic N) is 1. The summed E-state index contributed by atoms with van der Waals surface area (Å²) in [5, 5.41) is 13.0. The van der Waals surface area contributed by atoms with Gasteiger partial charge < -0.3 is 10.4 Å². The van der Waals surface area contributed by atoms with Gasteiger partial charge in [-0.3, -0.25) is 0 Å². The van der Waals surface area contributed by atoms with Gasteiger partial charge in [-0.1, -0.05) is 6.07 Å². The van der Waals surface area contributed by atoms with E-state index >= 15 is 0 Å². The van der Waals surface area contributed by atoms with E-state index in [1.807, 2.05) is 19.9 Å². The Kier molecular flexibility index (Phi) is 2.78. The molecule has 0 saturated carbocycles. The Morgan fingerprint density at radius 3 is 2.88 bits per heavy atom. The van der Waals surface area contributed by atoms with Crippen LogP contribution < -0.4 is 5.32 Å². The lowest BCUT2D eigenvalue weighted by molar-refractivity contribution is 0.0699. The van der Waals surface area contributed by atoms with Crippen LogP contribution in [0.3, 0.4) is 0 Å². The van der Waals surface area contributed by atoms with Crippen LogP contribution in [0, 0.1) is 0 Å². The molecule has 1 aromatic carbocycles. The van der Waals surface area contributed by atoms with Crippen LogP contribution in [0.2, 0.25) is 0 Å². The first kappa shape index (κ1) is 10.9. The normalized spacial score (nSPS) is 10.9. The second-order valence-corrected chi connectivity index (χ2v) is 4.62. The van der Waals surface area contributed by atoms with E-state index in [1.165, 1.54) is 11.5 Å². The van der Waals surface area contributed by atoms with E-state index in [-0.39, 0.29) is 6.04 Å². The average Bonchev–Trinajstić information content (AvgIpc) is 2.60. The zero-order valence-electron chi connectivity index (χ0n) is 9.02. The van der Waals surface area contributed by atoms with E-state index in [4.69, 9.17) is 5.11 Å². The fourth-order valence-corrected chi connectivity index (χ4v) is 2.31. The fourth-order valence-electron chi connectivity index (χ4n) is 1.54. The highest BCUT2D eigenvalue weighted by Gasteiger charge is 2.15. The third kappa shape index (κ3) is 1.86. The quantitative estimate of drug-likeness (QED) is 0.860. The second-order valence-electron chi connectivity index (χ2n) is 3.81. The molecule has 2 rings (SSSR count). The van der Waals surface area contributed by atoms with Gasteiger partial charge in [0.1, 0.15) is 5.82 Å². The molecule has 2 N–H and O–H groups in total. The van der Waals surface area contributed by atoms with Crippen LogP contribution in [0.5, 0.6) is 0 Å². The molecular formula is C11H12N2O2S. The minimum atomic E-state index is -0.919. The lowest BCUT2D eigenvalue weighted by atomic mass is 10.1. The molecule has 0 atom stereocenters. The van der Waals surface area contributed by atoms with Gasteiger partial charge in [-0.25, -0.2) is 4.79 Å². The molecule has 1 aromatic heterocycles. The number of hydrogen-bond donors (Lipinski definition) is 2. The van der Waals surface area contributed by atoms with Crippen LogP contribution in [-0.2, 0) is 0 Å². The van der Waals surface area contributed by atoms with Crippen molar-refractivity contribution >= 4 is 33.4 Å². The lowest BCUT2D eigenvalue weighted by Gasteiger charge is -2.07. The number of aromatic nitrogens is 1. The summed E-state index contributed by atoms with van der Waals surface area (Å²) in [5.74, 6) is -0.259. The van der Waals surface area contributed by atoms with Crippen molar-refractivity contribution in [1.29, 1.82) is 0 Å². The minimum Gasteiger partial charge on any atom is -0.478 e. The summed E-state index contributed by atoms with van der Waals surface area (Å²) in [6, 6.07) is 5.45. The number of fused-ring (bicyclic) bond motifs is 1. The van der Waals surface area contributed by atoms with Crippen LogP contribution in [0.25, 0.3) is 10.1 Å². The Labute approximate surface area is 97.1 Å². The van der Waals surface area contributed by atoms with Crippen molar-refractivity contribution in [3.63, 3.8) is 0 Å². The van der Waals surface area contributed by atoms with Crippen molar-refractivity contribution in [2.24, 2.45) is 0 Å². The van der Waals surface area contributed by atoms with Gasteiger partial charge in [0.25, 0.3) is 0 Å². The van der Waals surface area contributed by atoms with E-state index in [0.717, 1.165) is 4.70 Å². The molecule has 0 aliphatic heterocycles. The van der Waals surface area contributed by atoms with Crippen molar-refractivity contribution < 1.29 is 9.90 Å². The fraction of sp³-hybridized carbons (Fsp3) is 0.273. The number of carboxylic acid groups (broad SMARTS) is 1. The van der Waals surface area contributed by atoms with E-state index in [9.17, 15) is 4.79 Å². The van der Waals surface area contributed by atoms with Crippen molar-refractivity contribution in [3.8, 4) is 0 Å². The van der Waals surface area contributed by atoms with Gasteiger partial charge in [0.2, 0.25) is 0 Å². The van der Waals surface area contributed by atoms with Crippen molar-refractivity contribution in [3.05, 3.63) is 23.8 Å². The van der Waals surface area contributed by atoms with Gasteiger partial charge in [-0.05, 0) is 37.5 Å². The van der Waals surface area contributed by atoms with Crippen LogP contribution in [0.15, 0.2) is 18.2 Å². The lowest BCUT2D eigenvalue weighted by Crippen LogP contribution is -2.10. The molecule has 0 saturated heterocycles. The summed E-state index contributed by atoms with van der Waals surface area (Å²) < 4.78 is 5.14. The highest BCUT2D eigenvalue weighted by molar-refractivity contribution is 7.13. The van der Waals surface area contributed by atoms with Gasteiger partial charge in [0.15, 0.2) is 0 Å². The summed E-state index contributed by atoms with van der Waals surface area (Å²) in [6.07, 6.45) is 0. The molecule has 0 aliphatic carbocycles. The number of benzene rings is 1. The Bertz CT molecular complexity index is 534. The molecular weight excluding hydrogens is 224 g/mol. The molecule has 4 nitrogen and oxygen atoms in total. The average molecular weight is 236 g/mol. The van der Waals surface area contributed by atoms with Crippen LogP contribution in [-0.4, -0.2) is 21.5 Å². The van der Waals surface area contributed by atoms with Crippen LogP contribution >= 0.6 is 11.5 Å². The SMILES string of the molecule is CC(C)Nc1nsc2cccc(C(=O)O)c12. The molecule has 0 amide bonds. The van der Waals surface area contributed by atoms with Crippen molar-refractivity contribution in [2.45, 2.75) is 19.9 Å². The van der Waals surface area contributed by atoms with E-state index in [1.54, 1.807) is 12.1 Å². The van der Waals surface area contributed by atoms with Crippen molar-refractivity contribution in [2.75, 3.05) is 5.32 Å². The molecule has 0 unspecified atom stereocenters. The molecule has 0 spiro atoms. The monoisotopic (exact) mass is 236 g/mol. The molecule has 16 heavy (non-hydrogen) atoms. The molecule has 0 aliphatic rings. The van der Waals surface area contributed by atoms with Gasteiger partial charge >= 0.3 is 5.97 Å². The number of rotatable bonds is 3. The Hall–Kier alpha value is -1.62. The van der Waals surface area contributed by atoms with Gasteiger partial charge in [-0.2, -0.15) is 4.37 Å². The van der Waals surface area contributed by atoms with Crippen LogP contribution in [0.4, 0.5) is 5.82 Å². The Morgan fingerprint density at radius 1 is 1.50 bits per heavy atom. The molecule has 1 heterocycles. The van der Waals surface area contributed by atoms with Gasteiger partial charge in [0, 0.05) is 6.04 Å². The van der Waals surface area contributed by atoms with Gasteiger partial charge in [-0.15, -0.1) is 0 Å². The van der Waals surface area contributed by atoms with Crippen molar-refractivity contribution in [1.82, 2.24) is 4.37 Å². The summed E-state index contributed by atoms with van der Waals surface area (Å²) in [6.45, 7) is 3.99. The maximum atomic E-state index is 11.1. The summed E-state index contributed by atoms with van der Waals surface area (Å²) in [7, 11) is 0. The smallest absolute Gasteiger partial charge is 0.336 e. The number of hydrogen-bond acceptors (Lipinski definition) is 4. The van der Waals surface area contributed by atoms with E-state index in [2.05, 4.69) is 9.69 Å². The molecule has 84 valence electrons. The number of aromatic carboxylic acids is 1. The zero-order valence-corrected chi connectivity index (χ0v) is 9.84. The Morgan fingerprint density at radius 2 is 2.25 bits per heavy atom. The predicted octanol–water partition coefficient (Wildman–Crippen LogP) is 2.81. The number of nitrogens with one attached hydrogen (secondary N) is 1. The van der Waals surface area contributed by atoms with Gasteiger partial charge in [0.05, 0.1) is 15.6 Å². The zero-order chi connectivity index (χ0) is 11.7. The molecule has 0 fully saturated rings. The first-order valence-corrected chi connectivity index (χ1v) is 5.75. The summed E-state index contributed by atoms with van der Waals surface area (Å²) >= 11 is 1.31.